The Morgan fingerprint density at radius 1 is 0.793 bits per heavy atom. The highest BCUT2D eigenvalue weighted by molar-refractivity contribution is 5.63. The summed E-state index contributed by atoms with van der Waals surface area (Å²) in [5.74, 6) is 1.88. The van der Waals surface area contributed by atoms with E-state index >= 15 is 0 Å². The molecule has 1 saturated carbocycles. The molecule has 1 aliphatic rings. The number of nitrogens with zero attached hydrogens (tertiary/aromatic N) is 5. The molecule has 1 aromatic carbocycles. The van der Waals surface area contributed by atoms with E-state index in [0.29, 0.717) is 17.5 Å². The van der Waals surface area contributed by atoms with Gasteiger partial charge < -0.3 is 16.0 Å². The van der Waals surface area contributed by atoms with Gasteiger partial charge in [0.1, 0.15) is 5.82 Å². The minimum atomic E-state index is -0.223. The topological polar surface area (TPSA) is 130 Å². The first kappa shape index (κ1) is 17.3. The van der Waals surface area contributed by atoms with Gasteiger partial charge in [-0.2, -0.15) is 4.98 Å². The monoisotopic (exact) mass is 385 g/mol. The van der Waals surface area contributed by atoms with Crippen LogP contribution in [0.3, 0.4) is 0 Å². The van der Waals surface area contributed by atoms with E-state index in [4.69, 9.17) is 16.0 Å². The van der Waals surface area contributed by atoms with Gasteiger partial charge in [0.2, 0.25) is 5.95 Å². The lowest BCUT2D eigenvalue weighted by Gasteiger charge is -2.39. The fraction of sp³-hybridized carbons (Fsp3) is 0.190. The van der Waals surface area contributed by atoms with E-state index in [1.54, 1.807) is 24.7 Å². The Labute approximate surface area is 167 Å². The molecule has 3 heterocycles. The van der Waals surface area contributed by atoms with E-state index in [1.807, 2.05) is 6.07 Å². The second kappa shape index (κ2) is 6.66. The highest BCUT2D eigenvalue weighted by Gasteiger charge is 2.44. The van der Waals surface area contributed by atoms with Crippen molar-refractivity contribution in [2.24, 2.45) is 0 Å². The third kappa shape index (κ3) is 2.98. The van der Waals surface area contributed by atoms with Gasteiger partial charge in [-0.3, -0.25) is 0 Å². The molecule has 5 rings (SSSR count). The summed E-state index contributed by atoms with van der Waals surface area (Å²) in [7, 11) is 0. The number of anilines is 2. The Morgan fingerprint density at radius 3 is 2.10 bits per heavy atom. The van der Waals surface area contributed by atoms with Crippen LogP contribution in [0.4, 0.5) is 11.8 Å². The fourth-order valence-corrected chi connectivity index (χ4v) is 3.71. The number of hydrogen-bond donors (Lipinski definition) is 2. The summed E-state index contributed by atoms with van der Waals surface area (Å²) in [5, 5.41) is 4.30. The normalized spacial score (nSPS) is 15.0. The number of hydrogen-bond acceptors (Lipinski definition) is 8. The Morgan fingerprint density at radius 2 is 1.48 bits per heavy atom. The van der Waals surface area contributed by atoms with Crippen molar-refractivity contribution in [3.63, 3.8) is 0 Å². The minimum Gasteiger partial charge on any atom is -0.384 e. The zero-order valence-corrected chi connectivity index (χ0v) is 15.6. The molecule has 144 valence electrons. The first-order valence-corrected chi connectivity index (χ1v) is 9.39. The molecule has 3 aromatic heterocycles. The number of benzene rings is 1. The van der Waals surface area contributed by atoms with E-state index in [2.05, 4.69) is 49.4 Å². The van der Waals surface area contributed by atoms with Gasteiger partial charge in [0.15, 0.2) is 5.82 Å². The number of nitrogens with two attached hydrogens (primary N) is 2. The summed E-state index contributed by atoms with van der Waals surface area (Å²) in [5.41, 5.74) is 14.9. The molecule has 0 bridgehead atoms. The lowest BCUT2D eigenvalue weighted by molar-refractivity contribution is 0.273. The minimum absolute atomic E-state index is 0.223. The number of pyridine rings is 1. The highest BCUT2D eigenvalue weighted by Crippen LogP contribution is 2.48. The molecule has 4 aromatic rings. The van der Waals surface area contributed by atoms with Gasteiger partial charge in [0.25, 0.3) is 5.89 Å². The molecule has 8 nitrogen and oxygen atoms in total. The Balaban J connectivity index is 1.46. The smallest absolute Gasteiger partial charge is 0.259 e. The second-order valence-corrected chi connectivity index (χ2v) is 7.24. The van der Waals surface area contributed by atoms with E-state index in [1.165, 1.54) is 5.56 Å². The first-order chi connectivity index (χ1) is 14.1. The Kier molecular flexibility index (Phi) is 3.97. The van der Waals surface area contributed by atoms with Crippen molar-refractivity contribution in [2.45, 2.75) is 24.7 Å². The summed E-state index contributed by atoms with van der Waals surface area (Å²) in [6.07, 6.45) is 8.18. The zero-order valence-electron chi connectivity index (χ0n) is 15.6. The van der Waals surface area contributed by atoms with Crippen LogP contribution in [0.25, 0.3) is 22.6 Å². The van der Waals surface area contributed by atoms with Crippen LogP contribution >= 0.6 is 0 Å². The van der Waals surface area contributed by atoms with Crippen molar-refractivity contribution >= 4 is 11.8 Å². The third-order valence-electron chi connectivity index (χ3n) is 5.54. The predicted molar refractivity (Wildman–Crippen MR) is 108 cm³/mol. The molecule has 1 fully saturated rings. The lowest BCUT2D eigenvalue weighted by atomic mass is 9.64. The van der Waals surface area contributed by atoms with E-state index in [-0.39, 0.29) is 11.4 Å². The average molecular weight is 385 g/mol. The molecule has 0 saturated heterocycles. The largest absolute Gasteiger partial charge is 0.384 e. The van der Waals surface area contributed by atoms with Crippen LogP contribution in [0, 0.1) is 0 Å². The average Bonchev–Trinajstić information content (AvgIpc) is 3.19. The SMILES string of the molecule is Nc1ccc(-c2nc(C3(c4ccc(-c5cnc(N)nc5)cc4)CCC3)no2)cn1. The van der Waals surface area contributed by atoms with Gasteiger partial charge in [-0.1, -0.05) is 35.8 Å². The van der Waals surface area contributed by atoms with Crippen molar-refractivity contribution in [3.05, 3.63) is 66.4 Å². The number of rotatable bonds is 4. The van der Waals surface area contributed by atoms with Crippen molar-refractivity contribution in [3.8, 4) is 22.6 Å². The molecule has 8 heteroatoms. The molecule has 0 aliphatic heterocycles. The maximum atomic E-state index is 5.66. The maximum Gasteiger partial charge on any atom is 0.259 e. The highest BCUT2D eigenvalue weighted by atomic mass is 16.5. The van der Waals surface area contributed by atoms with Crippen molar-refractivity contribution in [1.82, 2.24) is 25.1 Å². The van der Waals surface area contributed by atoms with Gasteiger partial charge in [-0.25, -0.2) is 15.0 Å². The maximum absolute atomic E-state index is 5.66. The molecule has 0 radical (unpaired) electrons. The lowest BCUT2D eigenvalue weighted by Crippen LogP contribution is -2.36. The van der Waals surface area contributed by atoms with Gasteiger partial charge >= 0.3 is 0 Å². The van der Waals surface area contributed by atoms with Gasteiger partial charge in [0, 0.05) is 24.2 Å². The van der Waals surface area contributed by atoms with Gasteiger partial charge in [0.05, 0.1) is 11.0 Å². The van der Waals surface area contributed by atoms with Crippen molar-refractivity contribution < 1.29 is 4.52 Å². The Hall–Kier alpha value is -3.81. The summed E-state index contributed by atoms with van der Waals surface area (Å²) >= 11 is 0. The quantitative estimate of drug-likeness (QED) is 0.548. The molecule has 4 N–H and O–H groups in total. The predicted octanol–water partition coefficient (Wildman–Crippen LogP) is 3.22. The van der Waals surface area contributed by atoms with Crippen LogP contribution in [0.2, 0.25) is 0 Å². The summed E-state index contributed by atoms with van der Waals surface area (Å²) in [6.45, 7) is 0. The van der Waals surface area contributed by atoms with Crippen molar-refractivity contribution in [1.29, 1.82) is 0 Å². The van der Waals surface area contributed by atoms with Gasteiger partial charge in [-0.05, 0) is 36.1 Å². The van der Waals surface area contributed by atoms with Crippen LogP contribution in [-0.2, 0) is 5.41 Å². The molecule has 0 atom stereocenters. The fourth-order valence-electron chi connectivity index (χ4n) is 3.71. The van der Waals surface area contributed by atoms with E-state index in [0.717, 1.165) is 36.0 Å². The molecule has 0 spiro atoms. The summed E-state index contributed by atoms with van der Waals surface area (Å²) in [6, 6.07) is 11.9. The van der Waals surface area contributed by atoms with Crippen LogP contribution < -0.4 is 11.5 Å². The second-order valence-electron chi connectivity index (χ2n) is 7.24. The standard InChI is InChI=1S/C21H19N7O/c22-17-7-4-14(10-24-17)18-27-19(28-29-18)21(8-1-9-21)16-5-2-13(3-6-16)15-11-25-20(23)26-12-15/h2-7,10-12H,1,8-9H2,(H2,22,24)(H2,23,25,26). The van der Waals surface area contributed by atoms with Crippen LogP contribution in [0.1, 0.15) is 30.7 Å². The molecule has 0 unspecified atom stereocenters. The zero-order chi connectivity index (χ0) is 19.8. The summed E-state index contributed by atoms with van der Waals surface area (Å²) < 4.78 is 5.53. The molecular formula is C21H19N7O. The molecule has 0 amide bonds. The molecular weight excluding hydrogens is 366 g/mol. The first-order valence-electron chi connectivity index (χ1n) is 9.39. The Bertz CT molecular complexity index is 1130. The molecule has 29 heavy (non-hydrogen) atoms. The summed E-state index contributed by atoms with van der Waals surface area (Å²) in [4.78, 5) is 16.9. The van der Waals surface area contributed by atoms with Crippen molar-refractivity contribution in [2.75, 3.05) is 11.5 Å². The number of nitrogen functional groups attached to an aromatic ring is 2. The van der Waals surface area contributed by atoms with E-state index < -0.39 is 0 Å². The van der Waals surface area contributed by atoms with Gasteiger partial charge in [-0.15, -0.1) is 0 Å². The molecule has 1 aliphatic carbocycles. The van der Waals surface area contributed by atoms with Crippen LogP contribution in [-0.4, -0.2) is 25.1 Å². The van der Waals surface area contributed by atoms with Crippen LogP contribution in [0.5, 0.6) is 0 Å². The third-order valence-corrected chi connectivity index (χ3v) is 5.54. The van der Waals surface area contributed by atoms with E-state index in [9.17, 15) is 0 Å². The number of aromatic nitrogens is 5. The van der Waals surface area contributed by atoms with Crippen LogP contribution in [0.15, 0.2) is 59.5 Å².